The predicted molar refractivity (Wildman–Crippen MR) is 104 cm³/mol. The van der Waals surface area contributed by atoms with Crippen LogP contribution in [-0.4, -0.2) is 15.4 Å². The van der Waals surface area contributed by atoms with Crippen LogP contribution in [0.5, 0.6) is 0 Å². The summed E-state index contributed by atoms with van der Waals surface area (Å²) in [6, 6.07) is 19.0. The van der Waals surface area contributed by atoms with Crippen molar-refractivity contribution in [3.63, 3.8) is 0 Å². The van der Waals surface area contributed by atoms with Gasteiger partial charge < -0.3 is 4.74 Å². The molecule has 0 spiro atoms. The third-order valence-electron chi connectivity index (χ3n) is 4.48. The minimum Gasteiger partial charge on any atom is -0.459 e. The first-order valence-corrected chi connectivity index (χ1v) is 8.71. The molecular weight excluding hydrogens is 340 g/mol. The van der Waals surface area contributed by atoms with Crippen molar-refractivity contribution in [3.05, 3.63) is 94.0 Å². The van der Waals surface area contributed by atoms with E-state index < -0.39 is 0 Å². The largest absolute Gasteiger partial charge is 0.459 e. The minimum absolute atomic E-state index is 0.0213. The number of hydrogen-bond acceptors (Lipinski definition) is 4. The van der Waals surface area contributed by atoms with Gasteiger partial charge in [-0.2, -0.15) is 0 Å². The van der Waals surface area contributed by atoms with E-state index >= 15 is 0 Å². The number of carbonyl (C=O) groups excluding carboxylic acids is 1. The lowest BCUT2D eigenvalue weighted by Crippen LogP contribution is -2.17. The van der Waals surface area contributed by atoms with Gasteiger partial charge in [0.15, 0.2) is 0 Å². The highest BCUT2D eigenvalue weighted by atomic mass is 16.5. The predicted octanol–water partition coefficient (Wildman–Crippen LogP) is 3.44. The van der Waals surface area contributed by atoms with Crippen molar-refractivity contribution in [3.8, 4) is 0 Å². The van der Waals surface area contributed by atoms with Crippen molar-refractivity contribution in [2.24, 2.45) is 0 Å². The molecule has 134 valence electrons. The van der Waals surface area contributed by atoms with Crippen molar-refractivity contribution < 1.29 is 9.53 Å². The standard InChI is InChI=1S/C22H18N2O3/c1-15-5-4-10-24-20(25)13-19(23-22(15)24)14-27-21(26)12-16-8-9-17-6-2-3-7-18(17)11-16/h2-11,13H,12,14H2,1H3. The molecular formula is C22H18N2O3. The normalized spacial score (nSPS) is 11.0. The Morgan fingerprint density at radius 2 is 1.85 bits per heavy atom. The Kier molecular flexibility index (Phi) is 4.42. The van der Waals surface area contributed by atoms with Gasteiger partial charge in [0.25, 0.3) is 5.56 Å². The number of rotatable bonds is 4. The second-order valence-electron chi connectivity index (χ2n) is 6.49. The summed E-state index contributed by atoms with van der Waals surface area (Å²) in [5.74, 6) is -0.350. The highest BCUT2D eigenvalue weighted by Gasteiger charge is 2.09. The summed E-state index contributed by atoms with van der Waals surface area (Å²) in [6.07, 6.45) is 1.85. The fraction of sp³-hybridized carbons (Fsp3) is 0.136. The number of aromatic nitrogens is 2. The highest BCUT2D eigenvalue weighted by molar-refractivity contribution is 5.84. The fourth-order valence-electron chi connectivity index (χ4n) is 3.10. The zero-order valence-electron chi connectivity index (χ0n) is 14.9. The second kappa shape index (κ2) is 7.03. The summed E-state index contributed by atoms with van der Waals surface area (Å²) < 4.78 is 6.82. The van der Waals surface area contributed by atoms with Gasteiger partial charge in [-0.1, -0.05) is 48.5 Å². The van der Waals surface area contributed by atoms with Gasteiger partial charge in [-0.15, -0.1) is 0 Å². The minimum atomic E-state index is -0.350. The molecule has 5 nitrogen and oxygen atoms in total. The second-order valence-corrected chi connectivity index (χ2v) is 6.49. The molecule has 4 rings (SSSR count). The maximum absolute atomic E-state index is 12.2. The fourth-order valence-corrected chi connectivity index (χ4v) is 3.10. The molecule has 2 aromatic heterocycles. The van der Waals surface area contributed by atoms with Crippen LogP contribution in [0.1, 0.15) is 16.8 Å². The lowest BCUT2D eigenvalue weighted by molar-refractivity contribution is -0.144. The summed E-state index contributed by atoms with van der Waals surface area (Å²) in [6.45, 7) is 1.86. The first kappa shape index (κ1) is 17.0. The van der Waals surface area contributed by atoms with Crippen LogP contribution >= 0.6 is 0 Å². The Balaban J connectivity index is 1.48. The van der Waals surface area contributed by atoms with E-state index in [4.69, 9.17) is 4.74 Å². The molecule has 0 N–H and O–H groups in total. The van der Waals surface area contributed by atoms with E-state index in [2.05, 4.69) is 4.98 Å². The van der Waals surface area contributed by atoms with Gasteiger partial charge in [0.2, 0.25) is 0 Å². The molecule has 0 amide bonds. The average Bonchev–Trinajstić information content (AvgIpc) is 2.67. The number of aryl methyl sites for hydroxylation is 1. The molecule has 0 atom stereocenters. The maximum Gasteiger partial charge on any atom is 0.310 e. The first-order valence-electron chi connectivity index (χ1n) is 8.71. The molecule has 2 heterocycles. The van der Waals surface area contributed by atoms with Crippen LogP contribution < -0.4 is 5.56 Å². The van der Waals surface area contributed by atoms with E-state index in [1.807, 2.05) is 55.5 Å². The van der Waals surface area contributed by atoms with Gasteiger partial charge in [0.05, 0.1) is 12.1 Å². The van der Waals surface area contributed by atoms with Gasteiger partial charge in [0, 0.05) is 12.3 Å². The van der Waals surface area contributed by atoms with Gasteiger partial charge in [0.1, 0.15) is 12.3 Å². The van der Waals surface area contributed by atoms with E-state index in [9.17, 15) is 9.59 Å². The third kappa shape index (κ3) is 3.58. The van der Waals surface area contributed by atoms with Crippen LogP contribution in [0.15, 0.2) is 71.7 Å². The maximum atomic E-state index is 12.2. The number of pyridine rings is 1. The summed E-state index contributed by atoms with van der Waals surface area (Å²) in [5.41, 5.74) is 2.61. The van der Waals surface area contributed by atoms with Crippen molar-refractivity contribution in [2.75, 3.05) is 0 Å². The SMILES string of the molecule is Cc1cccn2c(=O)cc(COC(=O)Cc3ccc4ccccc4c3)nc12. The van der Waals surface area contributed by atoms with Crippen LogP contribution in [0.4, 0.5) is 0 Å². The van der Waals surface area contributed by atoms with Crippen molar-refractivity contribution in [1.29, 1.82) is 0 Å². The lowest BCUT2D eigenvalue weighted by atomic mass is 10.1. The van der Waals surface area contributed by atoms with E-state index in [0.29, 0.717) is 11.3 Å². The van der Waals surface area contributed by atoms with Gasteiger partial charge in [-0.3, -0.25) is 14.0 Å². The molecule has 0 radical (unpaired) electrons. The molecule has 4 aromatic rings. The first-order chi connectivity index (χ1) is 13.1. The third-order valence-corrected chi connectivity index (χ3v) is 4.48. The van der Waals surface area contributed by atoms with Gasteiger partial charge in [-0.05, 0) is 34.9 Å². The van der Waals surface area contributed by atoms with E-state index in [1.165, 1.54) is 10.5 Å². The lowest BCUT2D eigenvalue weighted by Gasteiger charge is -2.08. The van der Waals surface area contributed by atoms with Crippen molar-refractivity contribution >= 4 is 22.4 Å². The topological polar surface area (TPSA) is 60.7 Å². The number of ether oxygens (including phenoxy) is 1. The molecule has 2 aromatic carbocycles. The van der Waals surface area contributed by atoms with E-state index in [-0.39, 0.29) is 24.6 Å². The van der Waals surface area contributed by atoms with Crippen molar-refractivity contribution in [2.45, 2.75) is 20.0 Å². The van der Waals surface area contributed by atoms with Crippen molar-refractivity contribution in [1.82, 2.24) is 9.38 Å². The Labute approximate surface area is 155 Å². The molecule has 5 heteroatoms. The molecule has 0 fully saturated rings. The molecule has 0 saturated heterocycles. The quantitative estimate of drug-likeness (QED) is 0.524. The van der Waals surface area contributed by atoms with E-state index in [1.54, 1.807) is 12.3 Å². The van der Waals surface area contributed by atoms with Crippen LogP contribution in [0.25, 0.3) is 16.4 Å². The van der Waals surface area contributed by atoms with Crippen LogP contribution in [0, 0.1) is 6.92 Å². The Morgan fingerprint density at radius 1 is 1.04 bits per heavy atom. The van der Waals surface area contributed by atoms with Crippen LogP contribution in [0.2, 0.25) is 0 Å². The Hall–Kier alpha value is -3.47. The Bertz CT molecular complexity index is 1210. The summed E-state index contributed by atoms with van der Waals surface area (Å²) in [4.78, 5) is 28.8. The molecule has 0 saturated carbocycles. The molecule has 27 heavy (non-hydrogen) atoms. The monoisotopic (exact) mass is 358 g/mol. The molecule has 0 aliphatic heterocycles. The molecule has 0 aliphatic carbocycles. The summed E-state index contributed by atoms with van der Waals surface area (Å²) >= 11 is 0. The number of carbonyl (C=O) groups is 1. The highest BCUT2D eigenvalue weighted by Crippen LogP contribution is 2.16. The molecule has 0 bridgehead atoms. The van der Waals surface area contributed by atoms with E-state index in [0.717, 1.165) is 21.9 Å². The number of fused-ring (bicyclic) bond motifs is 2. The smallest absolute Gasteiger partial charge is 0.310 e. The van der Waals surface area contributed by atoms with Gasteiger partial charge >= 0.3 is 5.97 Å². The average molecular weight is 358 g/mol. The number of esters is 1. The zero-order chi connectivity index (χ0) is 18.8. The number of benzene rings is 2. The van der Waals surface area contributed by atoms with Crippen LogP contribution in [-0.2, 0) is 22.6 Å². The molecule has 0 unspecified atom stereocenters. The summed E-state index contributed by atoms with van der Waals surface area (Å²) in [5, 5.41) is 2.22. The summed E-state index contributed by atoms with van der Waals surface area (Å²) in [7, 11) is 0. The number of nitrogens with zero attached hydrogens (tertiary/aromatic N) is 2. The van der Waals surface area contributed by atoms with Gasteiger partial charge in [-0.25, -0.2) is 4.98 Å². The zero-order valence-corrected chi connectivity index (χ0v) is 14.9. The van der Waals surface area contributed by atoms with Crippen LogP contribution in [0.3, 0.4) is 0 Å². The Morgan fingerprint density at radius 3 is 2.70 bits per heavy atom. The molecule has 0 aliphatic rings. The number of hydrogen-bond donors (Lipinski definition) is 0.